The predicted octanol–water partition coefficient (Wildman–Crippen LogP) is 3.47. The lowest BCUT2D eigenvalue weighted by Gasteiger charge is -2.25. The molecule has 4 heteroatoms. The number of carbonyl (C=O) groups is 1. The maximum absolute atomic E-state index is 12.5. The molecular formula is C17H29ClN2O. The Kier molecular flexibility index (Phi) is 10.1. The molecule has 0 saturated carbocycles. The van der Waals surface area contributed by atoms with Crippen molar-refractivity contribution in [1.29, 1.82) is 0 Å². The van der Waals surface area contributed by atoms with Crippen LogP contribution in [-0.2, 0) is 11.3 Å². The maximum Gasteiger partial charge on any atom is 0.223 e. The van der Waals surface area contributed by atoms with Crippen molar-refractivity contribution < 1.29 is 4.79 Å². The molecule has 0 radical (unpaired) electrons. The van der Waals surface area contributed by atoms with Gasteiger partial charge in [0.25, 0.3) is 0 Å². The van der Waals surface area contributed by atoms with Crippen molar-refractivity contribution in [2.45, 2.75) is 40.2 Å². The zero-order chi connectivity index (χ0) is 15.0. The summed E-state index contributed by atoms with van der Waals surface area (Å²) < 4.78 is 0. The molecule has 0 heterocycles. The van der Waals surface area contributed by atoms with Crippen molar-refractivity contribution in [2.75, 3.05) is 13.1 Å². The topological polar surface area (TPSA) is 46.3 Å². The molecule has 0 bridgehead atoms. The van der Waals surface area contributed by atoms with Gasteiger partial charge in [0.1, 0.15) is 0 Å². The van der Waals surface area contributed by atoms with Gasteiger partial charge in [-0.3, -0.25) is 4.79 Å². The number of hydrogen-bond donors (Lipinski definition) is 1. The molecule has 3 nitrogen and oxygen atoms in total. The highest BCUT2D eigenvalue weighted by atomic mass is 35.5. The molecule has 0 aliphatic heterocycles. The highest BCUT2D eigenvalue weighted by Gasteiger charge is 2.18. The van der Waals surface area contributed by atoms with E-state index >= 15 is 0 Å². The highest BCUT2D eigenvalue weighted by Crippen LogP contribution is 2.16. The Morgan fingerprint density at radius 3 is 2.33 bits per heavy atom. The number of rotatable bonds is 8. The smallest absolute Gasteiger partial charge is 0.223 e. The second kappa shape index (κ2) is 10.6. The molecule has 0 aliphatic rings. The highest BCUT2D eigenvalue weighted by molar-refractivity contribution is 5.85. The summed E-state index contributed by atoms with van der Waals surface area (Å²) in [6.45, 7) is 8.53. The van der Waals surface area contributed by atoms with Crippen LogP contribution in [0.1, 0.15) is 39.2 Å². The first-order valence-corrected chi connectivity index (χ1v) is 7.56. The Morgan fingerprint density at radius 1 is 1.19 bits per heavy atom. The average Bonchev–Trinajstić information content (AvgIpc) is 2.44. The van der Waals surface area contributed by atoms with E-state index in [0.29, 0.717) is 31.3 Å². The van der Waals surface area contributed by atoms with Crippen LogP contribution in [0.4, 0.5) is 0 Å². The molecule has 0 fully saturated rings. The molecule has 1 rings (SSSR count). The molecule has 120 valence electrons. The summed E-state index contributed by atoms with van der Waals surface area (Å²) in [5.74, 6) is 1.19. The Hall–Kier alpha value is -1.06. The molecule has 2 N–H and O–H groups in total. The summed E-state index contributed by atoms with van der Waals surface area (Å²) in [5, 5.41) is 0. The number of hydrogen-bond acceptors (Lipinski definition) is 2. The third-order valence-electron chi connectivity index (χ3n) is 3.84. The van der Waals surface area contributed by atoms with Gasteiger partial charge < -0.3 is 10.6 Å². The van der Waals surface area contributed by atoms with Gasteiger partial charge in [0.2, 0.25) is 5.91 Å². The lowest BCUT2D eigenvalue weighted by molar-refractivity contribution is -0.133. The van der Waals surface area contributed by atoms with E-state index < -0.39 is 0 Å². The maximum atomic E-state index is 12.5. The zero-order valence-corrected chi connectivity index (χ0v) is 14.2. The molecule has 1 unspecified atom stereocenters. The minimum atomic E-state index is 0. The summed E-state index contributed by atoms with van der Waals surface area (Å²) >= 11 is 0. The molecular weight excluding hydrogens is 284 g/mol. The summed E-state index contributed by atoms with van der Waals surface area (Å²) in [5.41, 5.74) is 6.76. The van der Waals surface area contributed by atoms with E-state index in [1.54, 1.807) is 0 Å². The van der Waals surface area contributed by atoms with Gasteiger partial charge in [-0.1, -0.05) is 51.1 Å². The van der Waals surface area contributed by atoms with E-state index in [1.165, 1.54) is 5.56 Å². The minimum Gasteiger partial charge on any atom is -0.338 e. The van der Waals surface area contributed by atoms with Gasteiger partial charge >= 0.3 is 0 Å². The Labute approximate surface area is 135 Å². The lowest BCUT2D eigenvalue weighted by Crippen LogP contribution is -2.34. The van der Waals surface area contributed by atoms with Crippen molar-refractivity contribution in [2.24, 2.45) is 17.6 Å². The fraction of sp³-hybridized carbons (Fsp3) is 0.588. The second-order valence-electron chi connectivity index (χ2n) is 5.87. The zero-order valence-electron chi connectivity index (χ0n) is 13.4. The van der Waals surface area contributed by atoms with Crippen molar-refractivity contribution in [3.8, 4) is 0 Å². The number of nitrogens with two attached hydrogens (primary N) is 1. The molecule has 1 atom stereocenters. The quantitative estimate of drug-likeness (QED) is 0.799. The van der Waals surface area contributed by atoms with Gasteiger partial charge in [0.05, 0.1) is 0 Å². The van der Waals surface area contributed by atoms with E-state index in [2.05, 4.69) is 32.9 Å². The molecule has 1 amide bonds. The fourth-order valence-corrected chi connectivity index (χ4v) is 2.02. The largest absolute Gasteiger partial charge is 0.338 e. The van der Waals surface area contributed by atoms with Crippen molar-refractivity contribution in [1.82, 2.24) is 4.90 Å². The Bertz CT molecular complexity index is 395. The minimum absolute atomic E-state index is 0. The van der Waals surface area contributed by atoms with Crippen LogP contribution in [0.25, 0.3) is 0 Å². The SMILES string of the molecule is CC(C)C(C)CC(=O)N(CCCN)Cc1ccccc1.Cl. The van der Waals surface area contributed by atoms with Gasteiger partial charge in [-0.2, -0.15) is 0 Å². The van der Waals surface area contributed by atoms with E-state index in [-0.39, 0.29) is 18.3 Å². The third-order valence-corrected chi connectivity index (χ3v) is 3.84. The summed E-state index contributed by atoms with van der Waals surface area (Å²) in [7, 11) is 0. The second-order valence-corrected chi connectivity index (χ2v) is 5.87. The normalized spacial score (nSPS) is 11.9. The first-order chi connectivity index (χ1) is 9.54. The fourth-order valence-electron chi connectivity index (χ4n) is 2.02. The van der Waals surface area contributed by atoms with Crippen molar-refractivity contribution >= 4 is 18.3 Å². The van der Waals surface area contributed by atoms with Gasteiger partial charge in [-0.15, -0.1) is 12.4 Å². The van der Waals surface area contributed by atoms with Crippen LogP contribution in [0.15, 0.2) is 30.3 Å². The van der Waals surface area contributed by atoms with E-state index in [0.717, 1.165) is 13.0 Å². The predicted molar refractivity (Wildman–Crippen MR) is 91.4 cm³/mol. The van der Waals surface area contributed by atoms with Crippen molar-refractivity contribution in [3.05, 3.63) is 35.9 Å². The average molecular weight is 313 g/mol. The summed E-state index contributed by atoms with van der Waals surface area (Å²) in [6.07, 6.45) is 1.48. The van der Waals surface area contributed by atoms with E-state index in [4.69, 9.17) is 5.73 Å². The van der Waals surface area contributed by atoms with Crippen LogP contribution in [0.2, 0.25) is 0 Å². The van der Waals surface area contributed by atoms with E-state index in [9.17, 15) is 4.79 Å². The summed E-state index contributed by atoms with van der Waals surface area (Å²) in [6, 6.07) is 10.1. The number of nitrogens with zero attached hydrogens (tertiary/aromatic N) is 1. The van der Waals surface area contributed by atoms with E-state index in [1.807, 2.05) is 23.1 Å². The third kappa shape index (κ3) is 7.49. The Balaban J connectivity index is 0.00000400. The van der Waals surface area contributed by atoms with Crippen LogP contribution >= 0.6 is 12.4 Å². The molecule has 0 aromatic heterocycles. The van der Waals surface area contributed by atoms with Crippen LogP contribution in [0.3, 0.4) is 0 Å². The number of carbonyl (C=O) groups excluding carboxylic acids is 1. The van der Waals surface area contributed by atoms with Gasteiger partial charge in [-0.05, 0) is 30.4 Å². The number of amides is 1. The van der Waals surface area contributed by atoms with Crippen LogP contribution in [0, 0.1) is 11.8 Å². The lowest BCUT2D eigenvalue weighted by atomic mass is 9.94. The summed E-state index contributed by atoms with van der Waals surface area (Å²) in [4.78, 5) is 14.4. The Morgan fingerprint density at radius 2 is 1.81 bits per heavy atom. The van der Waals surface area contributed by atoms with Crippen LogP contribution in [-0.4, -0.2) is 23.9 Å². The molecule has 21 heavy (non-hydrogen) atoms. The monoisotopic (exact) mass is 312 g/mol. The van der Waals surface area contributed by atoms with Crippen LogP contribution < -0.4 is 5.73 Å². The molecule has 1 aromatic carbocycles. The number of halogens is 1. The van der Waals surface area contributed by atoms with Crippen LogP contribution in [0.5, 0.6) is 0 Å². The first kappa shape index (κ1) is 19.9. The van der Waals surface area contributed by atoms with Gasteiger partial charge in [0.15, 0.2) is 0 Å². The molecule has 0 spiro atoms. The standard InChI is InChI=1S/C17H28N2O.ClH/c1-14(2)15(3)12-17(20)19(11-7-10-18)13-16-8-5-4-6-9-16;/h4-6,8-9,14-15H,7,10-13,18H2,1-3H3;1H. The van der Waals surface area contributed by atoms with Gasteiger partial charge in [-0.25, -0.2) is 0 Å². The first-order valence-electron chi connectivity index (χ1n) is 7.56. The molecule has 1 aromatic rings. The van der Waals surface area contributed by atoms with Gasteiger partial charge in [0, 0.05) is 19.5 Å². The number of benzene rings is 1. The molecule has 0 aliphatic carbocycles. The molecule has 0 saturated heterocycles. The van der Waals surface area contributed by atoms with Crippen molar-refractivity contribution in [3.63, 3.8) is 0 Å².